The zero-order valence-electron chi connectivity index (χ0n) is 21.4. The average Bonchev–Trinajstić information content (AvgIpc) is 3.39. The van der Waals surface area contributed by atoms with Crippen molar-refractivity contribution in [2.24, 2.45) is 33.7 Å². The summed E-state index contributed by atoms with van der Waals surface area (Å²) in [5.74, 6) is 2.57. The Morgan fingerprint density at radius 2 is 1.94 bits per heavy atom. The lowest BCUT2D eigenvalue weighted by Gasteiger charge is -2.57. The number of likely N-dealkylation sites (N-methyl/N-ethyl adjacent to an activating group) is 1. The smallest absolute Gasteiger partial charge is 0.139 e. The van der Waals surface area contributed by atoms with Gasteiger partial charge >= 0.3 is 0 Å². The fourth-order valence-corrected chi connectivity index (χ4v) is 7.58. The molecule has 0 radical (unpaired) electrons. The first-order valence-corrected chi connectivity index (χ1v) is 13.3. The Bertz CT molecular complexity index is 981. The highest BCUT2D eigenvalue weighted by Crippen LogP contribution is 2.64. The van der Waals surface area contributed by atoms with Gasteiger partial charge in [-0.3, -0.25) is 4.79 Å². The summed E-state index contributed by atoms with van der Waals surface area (Å²) in [5, 5.41) is 12.9. The van der Waals surface area contributed by atoms with Crippen LogP contribution < -0.4 is 0 Å². The summed E-state index contributed by atoms with van der Waals surface area (Å²) in [5.41, 5.74) is 3.88. The van der Waals surface area contributed by atoms with Crippen LogP contribution in [0.1, 0.15) is 70.9 Å². The number of hydrogen-bond donors (Lipinski definition) is 0. The van der Waals surface area contributed by atoms with Gasteiger partial charge < -0.3 is 9.74 Å². The van der Waals surface area contributed by atoms with E-state index < -0.39 is 0 Å². The van der Waals surface area contributed by atoms with Crippen molar-refractivity contribution in [3.05, 3.63) is 23.5 Å². The monoisotopic (exact) mass is 467 g/mol. The molecule has 3 fully saturated rings. The topological polar surface area (TPSA) is 72.6 Å². The predicted molar refractivity (Wildman–Crippen MR) is 132 cm³/mol. The largest absolute Gasteiger partial charge is 0.394 e. The van der Waals surface area contributed by atoms with E-state index in [1.165, 1.54) is 12.8 Å². The van der Waals surface area contributed by atoms with Crippen LogP contribution in [0, 0.1) is 28.6 Å². The SMILES string of the molecule is CN(C)CCc1cn(CCON=C2C=C3CCC4C5CCC(=O)C5(C)CCC4C3(C)CC2)nn1. The zero-order chi connectivity index (χ0) is 23.9. The Morgan fingerprint density at radius 3 is 2.76 bits per heavy atom. The van der Waals surface area contributed by atoms with Crippen molar-refractivity contribution < 1.29 is 9.63 Å². The van der Waals surface area contributed by atoms with Gasteiger partial charge in [0.05, 0.1) is 18.0 Å². The van der Waals surface area contributed by atoms with Crippen LogP contribution in [0.5, 0.6) is 0 Å². The van der Waals surface area contributed by atoms with Crippen LogP contribution in [0.25, 0.3) is 0 Å². The molecule has 7 heteroatoms. The molecule has 0 spiro atoms. The van der Waals surface area contributed by atoms with Crippen LogP contribution in [0.3, 0.4) is 0 Å². The molecule has 5 atom stereocenters. The molecular formula is C27H41N5O2. The molecule has 34 heavy (non-hydrogen) atoms. The number of nitrogens with zero attached hydrogens (tertiary/aromatic N) is 5. The van der Waals surface area contributed by atoms with Crippen molar-refractivity contribution in [2.75, 3.05) is 27.2 Å². The first kappa shape index (κ1) is 23.7. The van der Waals surface area contributed by atoms with Gasteiger partial charge in [0.25, 0.3) is 0 Å². The van der Waals surface area contributed by atoms with Gasteiger partial charge in [-0.15, -0.1) is 5.10 Å². The standard InChI is InChI=1S/C27H41N5O2/c1-26-12-9-20(29-34-16-15-32-18-21(28-30-32)11-14-31(3)4)17-19(26)5-6-22-23-7-8-25(33)27(23,2)13-10-24(22)26/h17-18,22-24H,5-16H2,1-4H3. The van der Waals surface area contributed by atoms with Crippen LogP contribution >= 0.6 is 0 Å². The van der Waals surface area contributed by atoms with Gasteiger partial charge in [-0.05, 0) is 88.3 Å². The van der Waals surface area contributed by atoms with Crippen molar-refractivity contribution in [3.8, 4) is 0 Å². The lowest BCUT2D eigenvalue weighted by Crippen LogP contribution is -2.50. The minimum atomic E-state index is -0.0366. The van der Waals surface area contributed by atoms with Gasteiger partial charge in [0, 0.05) is 31.0 Å². The number of oxime groups is 1. The maximum Gasteiger partial charge on any atom is 0.139 e. The highest BCUT2D eigenvalue weighted by Gasteiger charge is 2.58. The maximum atomic E-state index is 12.6. The molecule has 0 N–H and O–H groups in total. The Kier molecular flexibility index (Phi) is 6.42. The van der Waals surface area contributed by atoms with E-state index in [9.17, 15) is 4.79 Å². The lowest BCUT2D eigenvalue weighted by atomic mass is 9.47. The van der Waals surface area contributed by atoms with E-state index in [0.717, 1.165) is 62.9 Å². The van der Waals surface area contributed by atoms with Crippen molar-refractivity contribution in [3.63, 3.8) is 0 Å². The predicted octanol–water partition coefficient (Wildman–Crippen LogP) is 4.29. The fraction of sp³-hybridized carbons (Fsp3) is 0.778. The molecule has 1 aromatic heterocycles. The summed E-state index contributed by atoms with van der Waals surface area (Å²) in [6, 6.07) is 0. The van der Waals surface area contributed by atoms with E-state index in [2.05, 4.69) is 54.4 Å². The second-order valence-corrected chi connectivity index (χ2v) is 11.9. The molecule has 1 aromatic rings. The number of aromatic nitrogens is 3. The molecule has 0 saturated heterocycles. The molecule has 0 bridgehead atoms. The normalized spacial score (nSPS) is 36.3. The van der Waals surface area contributed by atoms with Gasteiger partial charge in [-0.2, -0.15) is 0 Å². The van der Waals surface area contributed by atoms with Gasteiger partial charge in [0.1, 0.15) is 12.4 Å². The summed E-state index contributed by atoms with van der Waals surface area (Å²) in [4.78, 5) is 20.5. The van der Waals surface area contributed by atoms with Gasteiger partial charge in [-0.1, -0.05) is 29.8 Å². The Hall–Kier alpha value is -2.02. The second kappa shape index (κ2) is 9.21. The highest BCUT2D eigenvalue weighted by molar-refractivity contribution is 5.96. The summed E-state index contributed by atoms with van der Waals surface area (Å²) < 4.78 is 1.84. The molecule has 0 amide bonds. The summed E-state index contributed by atoms with van der Waals surface area (Å²) in [6.07, 6.45) is 14.0. The number of carbonyl (C=O) groups is 1. The Morgan fingerprint density at radius 1 is 1.12 bits per heavy atom. The third-order valence-corrected chi connectivity index (χ3v) is 9.68. The third kappa shape index (κ3) is 4.25. The van der Waals surface area contributed by atoms with Gasteiger partial charge in [0.15, 0.2) is 0 Å². The molecular weight excluding hydrogens is 426 g/mol. The minimum Gasteiger partial charge on any atom is -0.394 e. The average molecular weight is 468 g/mol. The number of allylic oxidation sites excluding steroid dienone is 2. The Labute approximate surface area is 204 Å². The van der Waals surface area contributed by atoms with E-state index in [1.54, 1.807) is 5.57 Å². The highest BCUT2D eigenvalue weighted by atomic mass is 16.6. The molecule has 3 saturated carbocycles. The van der Waals surface area contributed by atoms with E-state index in [4.69, 9.17) is 4.84 Å². The molecule has 0 aromatic carbocycles. The first-order valence-electron chi connectivity index (χ1n) is 13.3. The molecule has 1 heterocycles. The second-order valence-electron chi connectivity index (χ2n) is 11.9. The fourth-order valence-electron chi connectivity index (χ4n) is 7.58. The number of ketones is 1. The minimum absolute atomic E-state index is 0.0366. The van der Waals surface area contributed by atoms with E-state index in [0.29, 0.717) is 36.7 Å². The molecule has 4 aliphatic rings. The van der Waals surface area contributed by atoms with E-state index in [-0.39, 0.29) is 10.8 Å². The number of hydrogen-bond acceptors (Lipinski definition) is 6. The molecule has 5 rings (SSSR count). The third-order valence-electron chi connectivity index (χ3n) is 9.68. The van der Waals surface area contributed by atoms with Crippen LogP contribution in [0.2, 0.25) is 0 Å². The van der Waals surface area contributed by atoms with Crippen LogP contribution in [-0.4, -0.2) is 58.6 Å². The summed E-state index contributed by atoms with van der Waals surface area (Å²) in [6.45, 7) is 6.88. The van der Waals surface area contributed by atoms with Crippen LogP contribution in [0.15, 0.2) is 23.0 Å². The van der Waals surface area contributed by atoms with Crippen molar-refractivity contribution in [1.82, 2.24) is 19.9 Å². The first-order chi connectivity index (χ1) is 16.3. The van der Waals surface area contributed by atoms with Crippen molar-refractivity contribution in [1.29, 1.82) is 0 Å². The maximum absolute atomic E-state index is 12.6. The molecule has 7 nitrogen and oxygen atoms in total. The number of carbonyl (C=O) groups excluding carboxylic acids is 1. The molecule has 4 aliphatic carbocycles. The van der Waals surface area contributed by atoms with Crippen molar-refractivity contribution >= 4 is 11.5 Å². The molecule has 186 valence electrons. The molecule has 0 aliphatic heterocycles. The van der Waals surface area contributed by atoms with Crippen LogP contribution in [-0.2, 0) is 22.6 Å². The van der Waals surface area contributed by atoms with Gasteiger partial charge in [-0.25, -0.2) is 4.68 Å². The number of fused-ring (bicyclic) bond motifs is 5. The van der Waals surface area contributed by atoms with E-state index >= 15 is 0 Å². The number of Topliss-reactive ketones (excluding diaryl/α,β-unsaturated/α-hetero) is 1. The Balaban J connectivity index is 1.18. The summed E-state index contributed by atoms with van der Waals surface area (Å²) in [7, 11) is 4.13. The summed E-state index contributed by atoms with van der Waals surface area (Å²) >= 11 is 0. The molecule has 5 unspecified atom stereocenters. The lowest BCUT2D eigenvalue weighted by molar-refractivity contribution is -0.132. The zero-order valence-corrected chi connectivity index (χ0v) is 21.4. The van der Waals surface area contributed by atoms with Crippen LogP contribution in [0.4, 0.5) is 0 Å². The van der Waals surface area contributed by atoms with E-state index in [1.807, 2.05) is 10.9 Å². The van der Waals surface area contributed by atoms with Gasteiger partial charge in [0.2, 0.25) is 0 Å². The number of rotatable bonds is 7. The quantitative estimate of drug-likeness (QED) is 0.442. The van der Waals surface area contributed by atoms with Crippen molar-refractivity contribution in [2.45, 2.75) is 78.2 Å².